The van der Waals surface area contributed by atoms with E-state index in [2.05, 4.69) is 10.6 Å². The Kier molecular flexibility index (Phi) is 9.08. The molecule has 6 aromatic carbocycles. The zero-order valence-corrected chi connectivity index (χ0v) is 25.2. The molecular weight excluding hydrogens is 596 g/mol. The average molecular weight is 625 g/mol. The lowest BCUT2D eigenvalue weighted by atomic mass is 9.98. The van der Waals surface area contributed by atoms with E-state index < -0.39 is 17.1 Å². The van der Waals surface area contributed by atoms with E-state index in [1.807, 2.05) is 66.7 Å². The number of thioether (sulfide) groups is 1. The molecule has 3 N–H and O–H groups in total. The van der Waals surface area contributed by atoms with E-state index in [4.69, 9.17) is 4.74 Å². The number of hydrogen-bond donors (Lipinski definition) is 3. The summed E-state index contributed by atoms with van der Waals surface area (Å²) in [6.07, 6.45) is 0. The number of hydrogen-bond acceptors (Lipinski definition) is 5. The first-order valence-electron chi connectivity index (χ1n) is 14.5. The number of anilines is 2. The van der Waals surface area contributed by atoms with Crippen LogP contribution in [0.15, 0.2) is 150 Å². The monoisotopic (exact) mass is 624 g/mol. The third-order valence-corrected chi connectivity index (χ3v) is 8.41. The first-order chi connectivity index (χ1) is 22.4. The van der Waals surface area contributed by atoms with Gasteiger partial charge in [-0.05, 0) is 77.7 Å². The minimum atomic E-state index is -1.11. The van der Waals surface area contributed by atoms with Gasteiger partial charge in [0.2, 0.25) is 5.91 Å². The van der Waals surface area contributed by atoms with Gasteiger partial charge in [0.1, 0.15) is 16.7 Å². The summed E-state index contributed by atoms with van der Waals surface area (Å²) in [7, 11) is 0. The summed E-state index contributed by atoms with van der Waals surface area (Å²) in [5.74, 6) is -0.371. The predicted octanol–water partition coefficient (Wildman–Crippen LogP) is 9.05. The summed E-state index contributed by atoms with van der Waals surface area (Å²) < 4.78 is 5.87. The molecule has 2 amide bonds. The molecule has 0 aromatic heterocycles. The number of benzene rings is 6. The van der Waals surface area contributed by atoms with Crippen LogP contribution in [0, 0.1) is 0 Å². The Bertz CT molecular complexity index is 2010. The number of para-hydroxylation sites is 1. The Morgan fingerprint density at radius 3 is 1.93 bits per heavy atom. The molecule has 0 fully saturated rings. The number of amides is 2. The zero-order valence-electron chi connectivity index (χ0n) is 24.4. The van der Waals surface area contributed by atoms with Crippen LogP contribution in [0.5, 0.6) is 11.5 Å². The molecule has 0 saturated carbocycles. The minimum Gasteiger partial charge on any atom is -0.478 e. The molecule has 0 aliphatic rings. The minimum absolute atomic E-state index is 0.0580. The molecule has 0 heterocycles. The highest BCUT2D eigenvalue weighted by molar-refractivity contribution is 8.00. The van der Waals surface area contributed by atoms with Crippen molar-refractivity contribution in [3.63, 3.8) is 0 Å². The van der Waals surface area contributed by atoms with Crippen molar-refractivity contribution in [3.05, 3.63) is 162 Å². The lowest BCUT2D eigenvalue weighted by molar-refractivity contribution is -0.115. The van der Waals surface area contributed by atoms with E-state index in [9.17, 15) is 19.5 Å². The lowest BCUT2D eigenvalue weighted by Gasteiger charge is -2.18. The van der Waals surface area contributed by atoms with Gasteiger partial charge >= 0.3 is 5.97 Å². The molecule has 1 unspecified atom stereocenters. The molecule has 0 spiro atoms. The Hall–Kier alpha value is -5.86. The van der Waals surface area contributed by atoms with Crippen molar-refractivity contribution >= 4 is 51.7 Å². The highest BCUT2D eigenvalue weighted by Gasteiger charge is 2.23. The zero-order chi connectivity index (χ0) is 31.9. The van der Waals surface area contributed by atoms with Crippen LogP contribution in [-0.2, 0) is 4.79 Å². The number of ether oxygens (including phenoxy) is 1. The Morgan fingerprint density at radius 2 is 1.24 bits per heavy atom. The van der Waals surface area contributed by atoms with Crippen molar-refractivity contribution in [3.8, 4) is 11.5 Å². The van der Waals surface area contributed by atoms with Gasteiger partial charge in [0.25, 0.3) is 5.91 Å². The summed E-state index contributed by atoms with van der Waals surface area (Å²) in [6, 6.07) is 43.4. The molecular formula is C38H28N2O5S. The molecule has 226 valence electrons. The van der Waals surface area contributed by atoms with Gasteiger partial charge in [0.15, 0.2) is 0 Å². The van der Waals surface area contributed by atoms with Gasteiger partial charge in [-0.25, -0.2) is 4.79 Å². The maximum absolute atomic E-state index is 13.7. The van der Waals surface area contributed by atoms with Gasteiger partial charge in [-0.2, -0.15) is 0 Å². The molecule has 0 bridgehead atoms. The van der Waals surface area contributed by atoms with Gasteiger partial charge in [-0.15, -0.1) is 11.8 Å². The van der Waals surface area contributed by atoms with Crippen molar-refractivity contribution in [1.29, 1.82) is 0 Å². The highest BCUT2D eigenvalue weighted by Crippen LogP contribution is 2.37. The Balaban J connectivity index is 1.20. The summed E-state index contributed by atoms with van der Waals surface area (Å²) in [4.78, 5) is 39.7. The number of aromatic carboxylic acids is 1. The number of carboxylic acids is 1. The third-order valence-electron chi connectivity index (χ3n) is 7.17. The third kappa shape index (κ3) is 7.09. The fraction of sp³-hybridized carbons (Fsp3) is 0.0263. The SMILES string of the molecule is O=C(O)c1cccc2cccc(C(=O)Nc3cccc(SC(C(=O)Nc4ccc(Oc5ccccc5)cc4)c4ccccc4)c3)c12. The Labute approximate surface area is 269 Å². The number of fused-ring (bicyclic) bond motifs is 1. The van der Waals surface area contributed by atoms with Gasteiger partial charge in [-0.3, -0.25) is 9.59 Å². The second-order valence-electron chi connectivity index (χ2n) is 10.3. The number of rotatable bonds is 10. The second kappa shape index (κ2) is 13.8. The van der Waals surface area contributed by atoms with E-state index in [0.717, 1.165) is 16.2 Å². The summed E-state index contributed by atoms with van der Waals surface area (Å²) in [6.45, 7) is 0. The molecule has 0 saturated heterocycles. The molecule has 7 nitrogen and oxygen atoms in total. The van der Waals surface area contributed by atoms with Gasteiger partial charge in [0.05, 0.1) is 5.56 Å². The summed E-state index contributed by atoms with van der Waals surface area (Å²) in [5, 5.41) is 16.1. The second-order valence-corrected chi connectivity index (χ2v) is 11.5. The van der Waals surface area contributed by atoms with Crippen LogP contribution in [0.25, 0.3) is 10.8 Å². The van der Waals surface area contributed by atoms with Crippen molar-refractivity contribution in [2.75, 3.05) is 10.6 Å². The quantitative estimate of drug-likeness (QED) is 0.131. The molecule has 6 aromatic rings. The highest BCUT2D eigenvalue weighted by atomic mass is 32.2. The van der Waals surface area contributed by atoms with Crippen LogP contribution in [0.1, 0.15) is 31.5 Å². The molecule has 46 heavy (non-hydrogen) atoms. The van der Waals surface area contributed by atoms with Crippen LogP contribution >= 0.6 is 11.8 Å². The van der Waals surface area contributed by atoms with Crippen LogP contribution in [-0.4, -0.2) is 22.9 Å². The molecule has 1 atom stereocenters. The van der Waals surface area contributed by atoms with E-state index in [-0.39, 0.29) is 17.0 Å². The number of nitrogens with one attached hydrogen (secondary N) is 2. The van der Waals surface area contributed by atoms with Crippen LogP contribution in [0.3, 0.4) is 0 Å². The van der Waals surface area contributed by atoms with Crippen molar-refractivity contribution < 1.29 is 24.2 Å². The van der Waals surface area contributed by atoms with Gasteiger partial charge < -0.3 is 20.5 Å². The topological polar surface area (TPSA) is 105 Å². The van der Waals surface area contributed by atoms with Crippen LogP contribution in [0.4, 0.5) is 11.4 Å². The fourth-order valence-electron chi connectivity index (χ4n) is 5.03. The molecule has 8 heteroatoms. The molecule has 0 radical (unpaired) electrons. The standard InChI is InChI=1S/C38H28N2O5S/c41-36(32-18-7-12-25-13-8-19-33(34(25)32)38(43)44)40-28-14-9-17-31(24-28)46-35(26-10-3-1-4-11-26)37(42)39-27-20-22-30(23-21-27)45-29-15-5-2-6-16-29/h1-24,35H,(H,39,42)(H,40,41)(H,43,44). The van der Waals surface area contributed by atoms with Crippen LogP contribution < -0.4 is 15.4 Å². The fourth-order valence-corrected chi connectivity index (χ4v) is 6.11. The van der Waals surface area contributed by atoms with Crippen molar-refractivity contribution in [1.82, 2.24) is 0 Å². The lowest BCUT2D eigenvalue weighted by Crippen LogP contribution is -2.19. The number of carbonyl (C=O) groups is 3. The van der Waals surface area contributed by atoms with E-state index in [1.54, 1.807) is 72.8 Å². The molecule has 0 aliphatic carbocycles. The van der Waals surface area contributed by atoms with Crippen LogP contribution in [0.2, 0.25) is 0 Å². The molecule has 0 aliphatic heterocycles. The first-order valence-corrected chi connectivity index (χ1v) is 15.3. The average Bonchev–Trinajstić information content (AvgIpc) is 3.08. The maximum atomic E-state index is 13.7. The smallest absolute Gasteiger partial charge is 0.336 e. The van der Waals surface area contributed by atoms with Gasteiger partial charge in [-0.1, -0.05) is 78.9 Å². The van der Waals surface area contributed by atoms with E-state index in [1.165, 1.54) is 17.8 Å². The van der Waals surface area contributed by atoms with Gasteiger partial charge in [0, 0.05) is 27.2 Å². The number of carboxylic acid groups (broad SMARTS) is 1. The maximum Gasteiger partial charge on any atom is 0.336 e. The van der Waals surface area contributed by atoms with Crippen molar-refractivity contribution in [2.24, 2.45) is 0 Å². The van der Waals surface area contributed by atoms with E-state index >= 15 is 0 Å². The Morgan fingerprint density at radius 1 is 0.609 bits per heavy atom. The molecule has 6 rings (SSSR count). The summed E-state index contributed by atoms with van der Waals surface area (Å²) >= 11 is 1.35. The van der Waals surface area contributed by atoms with E-state index in [0.29, 0.717) is 27.9 Å². The van der Waals surface area contributed by atoms with Crippen molar-refractivity contribution in [2.45, 2.75) is 10.1 Å². The first kappa shape index (κ1) is 30.2. The predicted molar refractivity (Wildman–Crippen MR) is 182 cm³/mol. The largest absolute Gasteiger partial charge is 0.478 e. The normalized spacial score (nSPS) is 11.4. The number of carbonyl (C=O) groups excluding carboxylic acids is 2. The summed E-state index contributed by atoms with van der Waals surface area (Å²) in [5.41, 5.74) is 2.28.